The molecule has 0 saturated carbocycles. The van der Waals surface area contributed by atoms with Crippen LogP contribution in [0.5, 0.6) is 0 Å². The molecule has 3 unspecified atom stereocenters. The van der Waals surface area contributed by atoms with Crippen molar-refractivity contribution in [3.05, 3.63) is 0 Å². The maximum atomic E-state index is 13.1. The van der Waals surface area contributed by atoms with Crippen LogP contribution >= 0.6 is 15.6 Å². The number of aliphatic hydroxyl groups is 1. The van der Waals surface area contributed by atoms with Gasteiger partial charge in [0.1, 0.15) is 19.3 Å². The Kier molecular flexibility index (Phi) is 67.4. The average Bonchev–Trinajstić information content (AvgIpc) is 1.77. The van der Waals surface area contributed by atoms with E-state index in [0.29, 0.717) is 25.7 Å². The monoisotopic (exact) mass is 1410 g/mol. The SMILES string of the molecule is CCCCCCCCCCCCCCCCCC(=O)OC[C@H](COP(=O)(O)OC[C@@H](O)COP(=O)(O)OC[C@@H](COC(=O)CCCCCCCCCCCCCC)OC(=O)CCCCCCCCCCCCC(C)CC)OC(=O)CCCCCCCCCCCCCCC(C)C. The fraction of sp³-hybridized carbons (Fsp3) is 0.948. The number of aliphatic hydroxyl groups excluding tert-OH is 1. The molecule has 0 amide bonds. The highest BCUT2D eigenvalue weighted by Gasteiger charge is 2.30. The van der Waals surface area contributed by atoms with Gasteiger partial charge in [-0.25, -0.2) is 9.13 Å². The Morgan fingerprint density at radius 2 is 0.531 bits per heavy atom. The maximum absolute atomic E-state index is 13.1. The van der Waals surface area contributed by atoms with Gasteiger partial charge in [0.15, 0.2) is 12.2 Å². The second-order valence-corrected chi connectivity index (χ2v) is 31.4. The standard InChI is InChI=1S/C77H150O17P2/c1-7-10-12-14-16-18-20-22-23-24-29-36-42-48-54-60-75(80)88-65-72(93-76(81)61-55-49-43-37-30-26-25-27-33-39-45-51-57-69(4)5)67-91-95(83,84)89-63-71(78)64-90-96(85,86)92-68-73(66-87-74(79)59-53-47-41-35-28-21-19-17-15-13-11-8-2)94-77(82)62-56-50-44-38-32-31-34-40-46-52-58-70(6)9-3/h69-73,78H,7-68H2,1-6H3,(H,83,84)(H,85,86)/t70?,71-,72-,73-/m1/s1. The van der Waals surface area contributed by atoms with Gasteiger partial charge >= 0.3 is 39.5 Å². The molecular weight excluding hydrogens is 1260 g/mol. The number of phosphoric ester groups is 2. The van der Waals surface area contributed by atoms with Crippen LogP contribution in [0.15, 0.2) is 0 Å². The summed E-state index contributed by atoms with van der Waals surface area (Å²) in [6.45, 7) is 9.65. The highest BCUT2D eigenvalue weighted by atomic mass is 31.2. The Morgan fingerprint density at radius 1 is 0.302 bits per heavy atom. The second-order valence-electron chi connectivity index (χ2n) is 28.5. The number of hydrogen-bond acceptors (Lipinski definition) is 15. The minimum Gasteiger partial charge on any atom is -0.462 e. The molecule has 0 radical (unpaired) electrons. The molecule has 0 heterocycles. The molecule has 0 aliphatic heterocycles. The first-order valence-corrected chi connectivity index (χ1v) is 43.0. The average molecular weight is 1410 g/mol. The van der Waals surface area contributed by atoms with Crippen LogP contribution < -0.4 is 0 Å². The van der Waals surface area contributed by atoms with E-state index in [9.17, 15) is 43.2 Å². The Balaban J connectivity index is 5.27. The van der Waals surface area contributed by atoms with Gasteiger partial charge in [-0.3, -0.25) is 37.3 Å². The highest BCUT2D eigenvalue weighted by molar-refractivity contribution is 7.47. The molecule has 0 saturated heterocycles. The molecule has 0 aromatic rings. The van der Waals surface area contributed by atoms with Crippen LogP contribution in [0, 0.1) is 11.8 Å². The molecule has 0 rings (SSSR count). The zero-order chi connectivity index (χ0) is 70.7. The van der Waals surface area contributed by atoms with Crippen molar-refractivity contribution in [3.8, 4) is 0 Å². The molecule has 0 fully saturated rings. The van der Waals surface area contributed by atoms with Crippen LogP contribution in [0.25, 0.3) is 0 Å². The first-order valence-electron chi connectivity index (χ1n) is 40.0. The number of carbonyl (C=O) groups excluding carboxylic acids is 4. The summed E-state index contributed by atoms with van der Waals surface area (Å²) in [5.74, 6) is -0.532. The van der Waals surface area contributed by atoms with Gasteiger partial charge in [-0.1, -0.05) is 350 Å². The quantitative estimate of drug-likeness (QED) is 0.0222. The molecule has 0 aromatic heterocycles. The molecule has 17 nitrogen and oxygen atoms in total. The van der Waals surface area contributed by atoms with Crippen LogP contribution in [0.2, 0.25) is 0 Å². The van der Waals surface area contributed by atoms with Gasteiger partial charge in [0.05, 0.1) is 26.4 Å². The highest BCUT2D eigenvalue weighted by Crippen LogP contribution is 2.45. The third-order valence-electron chi connectivity index (χ3n) is 18.3. The van der Waals surface area contributed by atoms with E-state index in [2.05, 4.69) is 41.5 Å². The summed E-state index contributed by atoms with van der Waals surface area (Å²) in [6.07, 6.45) is 56.6. The lowest BCUT2D eigenvalue weighted by molar-refractivity contribution is -0.161. The fourth-order valence-corrected chi connectivity index (χ4v) is 13.4. The summed E-state index contributed by atoms with van der Waals surface area (Å²) in [4.78, 5) is 72.9. The van der Waals surface area contributed by atoms with E-state index in [4.69, 9.17) is 37.0 Å². The molecule has 0 aliphatic carbocycles. The van der Waals surface area contributed by atoms with Gasteiger partial charge in [-0.2, -0.15) is 0 Å². The first-order chi connectivity index (χ1) is 46.4. The summed E-state index contributed by atoms with van der Waals surface area (Å²) in [5, 5.41) is 10.6. The third-order valence-corrected chi connectivity index (χ3v) is 20.2. The number of unbranched alkanes of at least 4 members (excludes halogenated alkanes) is 45. The van der Waals surface area contributed by atoms with Gasteiger partial charge in [0, 0.05) is 25.7 Å². The van der Waals surface area contributed by atoms with Crippen LogP contribution in [0.4, 0.5) is 0 Å². The Morgan fingerprint density at radius 3 is 0.792 bits per heavy atom. The summed E-state index contributed by atoms with van der Waals surface area (Å²) < 4.78 is 68.6. The van der Waals surface area contributed by atoms with E-state index >= 15 is 0 Å². The van der Waals surface area contributed by atoms with E-state index in [1.54, 1.807) is 0 Å². The van der Waals surface area contributed by atoms with E-state index in [1.165, 1.54) is 218 Å². The van der Waals surface area contributed by atoms with Crippen molar-refractivity contribution in [1.82, 2.24) is 0 Å². The smallest absolute Gasteiger partial charge is 0.462 e. The molecule has 570 valence electrons. The van der Waals surface area contributed by atoms with Gasteiger partial charge < -0.3 is 33.8 Å². The Labute approximate surface area is 588 Å². The van der Waals surface area contributed by atoms with Crippen molar-refractivity contribution in [2.45, 2.75) is 419 Å². The van der Waals surface area contributed by atoms with E-state index in [1.807, 2.05) is 0 Å². The lowest BCUT2D eigenvalue weighted by Crippen LogP contribution is -2.30. The largest absolute Gasteiger partial charge is 0.472 e. The predicted octanol–water partition coefficient (Wildman–Crippen LogP) is 22.7. The third kappa shape index (κ3) is 69.2. The van der Waals surface area contributed by atoms with Crippen molar-refractivity contribution in [1.29, 1.82) is 0 Å². The number of carbonyl (C=O) groups is 4. The van der Waals surface area contributed by atoms with Crippen molar-refractivity contribution < 1.29 is 80.2 Å². The van der Waals surface area contributed by atoms with E-state index < -0.39 is 97.5 Å². The molecule has 3 N–H and O–H groups in total. The van der Waals surface area contributed by atoms with Crippen molar-refractivity contribution >= 4 is 39.5 Å². The Bertz CT molecular complexity index is 1860. The van der Waals surface area contributed by atoms with Crippen molar-refractivity contribution in [2.24, 2.45) is 11.8 Å². The summed E-state index contributed by atoms with van der Waals surface area (Å²) in [7, 11) is -9.91. The molecule has 0 aliphatic rings. The maximum Gasteiger partial charge on any atom is 0.472 e. The fourth-order valence-electron chi connectivity index (χ4n) is 11.8. The molecular formula is C77H150O17P2. The predicted molar refractivity (Wildman–Crippen MR) is 391 cm³/mol. The topological polar surface area (TPSA) is 237 Å². The number of rotatable bonds is 76. The van der Waals surface area contributed by atoms with Gasteiger partial charge in [-0.05, 0) is 37.5 Å². The molecule has 6 atom stereocenters. The molecule has 19 heteroatoms. The summed E-state index contributed by atoms with van der Waals surface area (Å²) in [5.41, 5.74) is 0. The lowest BCUT2D eigenvalue weighted by atomic mass is 9.99. The molecule has 0 aromatic carbocycles. The first kappa shape index (κ1) is 94.1. The minimum atomic E-state index is -4.96. The van der Waals surface area contributed by atoms with E-state index in [-0.39, 0.29) is 25.7 Å². The van der Waals surface area contributed by atoms with Gasteiger partial charge in [-0.15, -0.1) is 0 Å². The molecule has 0 spiro atoms. The molecule has 0 bridgehead atoms. The Hall–Kier alpha value is -1.94. The van der Waals surface area contributed by atoms with Gasteiger partial charge in [0.2, 0.25) is 0 Å². The van der Waals surface area contributed by atoms with Crippen LogP contribution in [-0.2, 0) is 65.4 Å². The van der Waals surface area contributed by atoms with Crippen LogP contribution in [0.3, 0.4) is 0 Å². The summed E-state index contributed by atoms with van der Waals surface area (Å²) in [6, 6.07) is 0. The number of phosphoric acid groups is 2. The zero-order valence-corrected chi connectivity index (χ0v) is 64.5. The normalized spacial score (nSPS) is 14.3. The molecule has 96 heavy (non-hydrogen) atoms. The number of esters is 4. The van der Waals surface area contributed by atoms with Crippen molar-refractivity contribution in [2.75, 3.05) is 39.6 Å². The summed E-state index contributed by atoms with van der Waals surface area (Å²) >= 11 is 0. The number of ether oxygens (including phenoxy) is 4. The lowest BCUT2D eigenvalue weighted by Gasteiger charge is -2.21. The number of hydrogen-bond donors (Lipinski definition) is 3. The van der Waals surface area contributed by atoms with Crippen LogP contribution in [0.1, 0.15) is 401 Å². The zero-order valence-electron chi connectivity index (χ0n) is 62.7. The van der Waals surface area contributed by atoms with Gasteiger partial charge in [0.25, 0.3) is 0 Å². The second kappa shape index (κ2) is 68.8. The minimum absolute atomic E-state index is 0.107. The van der Waals surface area contributed by atoms with Crippen LogP contribution in [-0.4, -0.2) is 96.7 Å². The van der Waals surface area contributed by atoms with Crippen molar-refractivity contribution in [3.63, 3.8) is 0 Å². The van der Waals surface area contributed by atoms with E-state index in [0.717, 1.165) is 102 Å².